The van der Waals surface area contributed by atoms with Crippen LogP contribution >= 0.6 is 20.2 Å². The standard InChI is InChI=1S/C23H25O4PS/c24-20-14-13-17-10-4-5-11-18(17)22(20)29-15-21(28-27)19(23(25)26)12-6-9-16-7-2-1-3-8-16/h1-5,7-8,10-11,13-14,19,21,24H,6,9,12,15,28H2,(H,25,26). The molecule has 29 heavy (non-hydrogen) atoms. The van der Waals surface area contributed by atoms with Gasteiger partial charge in [-0.2, -0.15) is 0 Å². The van der Waals surface area contributed by atoms with Crippen LogP contribution in [0.2, 0.25) is 0 Å². The minimum atomic E-state index is -1.24. The van der Waals surface area contributed by atoms with Crippen molar-refractivity contribution in [2.75, 3.05) is 5.75 Å². The quantitative estimate of drug-likeness (QED) is 0.330. The van der Waals surface area contributed by atoms with E-state index in [0.717, 1.165) is 28.5 Å². The number of carboxylic acid groups (broad SMARTS) is 1. The molecule has 0 heterocycles. The van der Waals surface area contributed by atoms with E-state index in [1.165, 1.54) is 17.3 Å². The van der Waals surface area contributed by atoms with E-state index in [1.807, 2.05) is 60.7 Å². The molecule has 0 amide bonds. The summed E-state index contributed by atoms with van der Waals surface area (Å²) in [6.07, 6.45) is 2.04. The number of fused-ring (bicyclic) bond motifs is 1. The number of phenolic OH excluding ortho intramolecular Hbond substituents is 1. The zero-order chi connectivity index (χ0) is 20.6. The maximum atomic E-state index is 11.9. The van der Waals surface area contributed by atoms with Gasteiger partial charge in [-0.1, -0.05) is 60.7 Å². The van der Waals surface area contributed by atoms with Crippen LogP contribution in [0.1, 0.15) is 18.4 Å². The van der Waals surface area contributed by atoms with E-state index in [0.29, 0.717) is 12.2 Å². The van der Waals surface area contributed by atoms with Crippen LogP contribution in [0.4, 0.5) is 0 Å². The normalized spacial score (nSPS) is 13.7. The van der Waals surface area contributed by atoms with Crippen molar-refractivity contribution in [3.63, 3.8) is 0 Å². The molecule has 6 heteroatoms. The summed E-state index contributed by atoms with van der Waals surface area (Å²) in [5.74, 6) is -0.961. The van der Waals surface area contributed by atoms with Gasteiger partial charge in [0, 0.05) is 11.4 Å². The highest BCUT2D eigenvalue weighted by atomic mass is 32.2. The number of hydrogen-bond donors (Lipinski definition) is 2. The van der Waals surface area contributed by atoms with E-state index in [9.17, 15) is 19.6 Å². The third kappa shape index (κ3) is 5.65. The summed E-state index contributed by atoms with van der Waals surface area (Å²) >= 11 is 1.39. The monoisotopic (exact) mass is 428 g/mol. The van der Waals surface area contributed by atoms with Crippen molar-refractivity contribution in [2.45, 2.75) is 29.8 Å². The van der Waals surface area contributed by atoms with Crippen molar-refractivity contribution in [1.82, 2.24) is 0 Å². The number of aliphatic carboxylic acids is 1. The molecule has 0 aliphatic heterocycles. The molecule has 3 atom stereocenters. The molecule has 0 bridgehead atoms. The van der Waals surface area contributed by atoms with Crippen molar-refractivity contribution < 1.29 is 19.6 Å². The lowest BCUT2D eigenvalue weighted by Crippen LogP contribution is -2.26. The van der Waals surface area contributed by atoms with Gasteiger partial charge in [-0.15, -0.1) is 11.8 Å². The molecule has 3 aromatic carbocycles. The number of carboxylic acids is 1. The fraction of sp³-hybridized carbons (Fsp3) is 0.261. The molecular weight excluding hydrogens is 403 g/mol. The average molecular weight is 428 g/mol. The van der Waals surface area contributed by atoms with Crippen LogP contribution in [0.5, 0.6) is 5.75 Å². The van der Waals surface area contributed by atoms with Crippen molar-refractivity contribution in [1.29, 1.82) is 0 Å². The highest BCUT2D eigenvalue weighted by molar-refractivity contribution is 7.99. The molecule has 3 rings (SSSR count). The van der Waals surface area contributed by atoms with E-state index in [4.69, 9.17) is 0 Å². The van der Waals surface area contributed by atoms with Crippen LogP contribution in [-0.4, -0.2) is 27.6 Å². The van der Waals surface area contributed by atoms with Crippen LogP contribution in [0, 0.1) is 5.92 Å². The Morgan fingerprint density at radius 3 is 2.45 bits per heavy atom. The van der Waals surface area contributed by atoms with E-state index in [2.05, 4.69) is 0 Å². The Hall–Kier alpha value is -2.23. The van der Waals surface area contributed by atoms with E-state index < -0.39 is 26.0 Å². The second-order valence-corrected chi connectivity index (χ2v) is 9.23. The van der Waals surface area contributed by atoms with Gasteiger partial charge < -0.3 is 14.8 Å². The first-order valence-electron chi connectivity index (χ1n) is 9.65. The Bertz CT molecular complexity index is 977. The first-order chi connectivity index (χ1) is 14.1. The molecule has 0 aliphatic carbocycles. The number of aryl methyl sites for hydroxylation is 1. The lowest BCUT2D eigenvalue weighted by molar-refractivity contribution is -0.141. The molecule has 2 N–H and O–H groups in total. The first kappa shape index (κ1) is 21.5. The predicted octanol–water partition coefficient (Wildman–Crippen LogP) is 5.49. The van der Waals surface area contributed by atoms with Crippen LogP contribution in [0.3, 0.4) is 0 Å². The third-order valence-corrected chi connectivity index (χ3v) is 7.77. The first-order valence-corrected chi connectivity index (χ1v) is 11.8. The van der Waals surface area contributed by atoms with E-state index in [1.54, 1.807) is 6.07 Å². The third-order valence-electron chi connectivity index (χ3n) is 5.11. The van der Waals surface area contributed by atoms with Gasteiger partial charge in [0.2, 0.25) is 0 Å². The van der Waals surface area contributed by atoms with Crippen LogP contribution in [0.15, 0.2) is 71.6 Å². The summed E-state index contributed by atoms with van der Waals surface area (Å²) in [5, 5.41) is 21.9. The van der Waals surface area contributed by atoms with Gasteiger partial charge in [0.25, 0.3) is 0 Å². The zero-order valence-electron chi connectivity index (χ0n) is 16.0. The summed E-state index contributed by atoms with van der Waals surface area (Å²) in [6, 6.07) is 21.2. The minimum absolute atomic E-state index is 0.171. The van der Waals surface area contributed by atoms with Crippen LogP contribution in [0.25, 0.3) is 10.8 Å². The molecule has 3 unspecified atom stereocenters. The molecule has 0 saturated heterocycles. The highest BCUT2D eigenvalue weighted by Gasteiger charge is 2.27. The molecule has 3 aromatic rings. The minimum Gasteiger partial charge on any atom is -0.507 e. The second kappa shape index (κ2) is 10.5. The van der Waals surface area contributed by atoms with E-state index in [-0.39, 0.29) is 5.75 Å². The fourth-order valence-corrected chi connectivity index (χ4v) is 5.80. The molecule has 0 aliphatic rings. The number of rotatable bonds is 10. The summed E-state index contributed by atoms with van der Waals surface area (Å²) < 4.78 is 11.9. The number of hydrogen-bond acceptors (Lipinski definition) is 4. The number of benzene rings is 3. The average Bonchev–Trinajstić information content (AvgIpc) is 2.74. The zero-order valence-corrected chi connectivity index (χ0v) is 18.0. The van der Waals surface area contributed by atoms with Gasteiger partial charge in [-0.25, -0.2) is 0 Å². The van der Waals surface area contributed by atoms with Crippen molar-refractivity contribution in [3.8, 4) is 5.75 Å². The lowest BCUT2D eigenvalue weighted by atomic mass is 9.97. The molecular formula is C23H25O4PS. The lowest BCUT2D eigenvalue weighted by Gasteiger charge is -2.20. The van der Waals surface area contributed by atoms with Crippen molar-refractivity contribution >= 4 is 37.0 Å². The van der Waals surface area contributed by atoms with Crippen LogP contribution < -0.4 is 0 Å². The smallest absolute Gasteiger partial charge is 0.307 e. The Morgan fingerprint density at radius 1 is 1.00 bits per heavy atom. The molecule has 0 saturated carbocycles. The number of carbonyl (C=O) groups is 1. The van der Waals surface area contributed by atoms with Crippen molar-refractivity contribution in [3.05, 3.63) is 72.3 Å². The maximum Gasteiger partial charge on any atom is 0.307 e. The Balaban J connectivity index is 1.68. The fourth-order valence-electron chi connectivity index (χ4n) is 3.50. The van der Waals surface area contributed by atoms with Gasteiger partial charge in [-0.05, 0) is 41.7 Å². The maximum absolute atomic E-state index is 11.9. The Labute approximate surface area is 176 Å². The van der Waals surface area contributed by atoms with Gasteiger partial charge in [0.1, 0.15) is 5.75 Å². The van der Waals surface area contributed by atoms with Gasteiger partial charge >= 0.3 is 5.97 Å². The van der Waals surface area contributed by atoms with Gasteiger partial charge in [0.15, 0.2) is 0 Å². The predicted molar refractivity (Wildman–Crippen MR) is 121 cm³/mol. The molecule has 0 radical (unpaired) electrons. The molecule has 152 valence electrons. The SMILES string of the molecule is O=[PH2]C(CSc1c(O)ccc2ccccc12)C(CCCc1ccccc1)C(=O)O. The van der Waals surface area contributed by atoms with Crippen molar-refractivity contribution in [2.24, 2.45) is 5.92 Å². The van der Waals surface area contributed by atoms with Crippen LogP contribution in [-0.2, 0) is 15.8 Å². The summed E-state index contributed by atoms with van der Waals surface area (Å²) in [6.45, 7) is 0. The summed E-state index contributed by atoms with van der Waals surface area (Å²) in [5.41, 5.74) is 0.768. The molecule has 0 aromatic heterocycles. The summed E-state index contributed by atoms with van der Waals surface area (Å²) in [7, 11) is -1.24. The Morgan fingerprint density at radius 2 is 1.72 bits per heavy atom. The Kier molecular flexibility index (Phi) is 7.79. The topological polar surface area (TPSA) is 74.6 Å². The van der Waals surface area contributed by atoms with Gasteiger partial charge in [-0.3, -0.25) is 4.79 Å². The summed E-state index contributed by atoms with van der Waals surface area (Å²) in [4.78, 5) is 12.6. The largest absolute Gasteiger partial charge is 0.507 e. The molecule has 0 spiro atoms. The molecule has 4 nitrogen and oxygen atoms in total. The highest BCUT2D eigenvalue weighted by Crippen LogP contribution is 2.38. The van der Waals surface area contributed by atoms with E-state index >= 15 is 0 Å². The molecule has 0 fully saturated rings. The van der Waals surface area contributed by atoms with Gasteiger partial charge in [0.05, 0.1) is 19.3 Å². The number of aromatic hydroxyl groups is 1. The number of thioether (sulfide) groups is 1. The number of phenols is 1. The second-order valence-electron chi connectivity index (χ2n) is 7.07.